The van der Waals surface area contributed by atoms with Crippen LogP contribution < -0.4 is 11.3 Å². The van der Waals surface area contributed by atoms with Gasteiger partial charge in [-0.3, -0.25) is 15.1 Å². The smallest absolute Gasteiger partial charge is 0.250 e. The van der Waals surface area contributed by atoms with Crippen LogP contribution in [0.3, 0.4) is 0 Å². The molecule has 1 aliphatic rings. The minimum atomic E-state index is -0.0900. The Morgan fingerprint density at radius 1 is 1.69 bits per heavy atom. The van der Waals surface area contributed by atoms with Gasteiger partial charge in [-0.05, 0) is 32.2 Å². The molecule has 0 spiro atoms. The third kappa shape index (κ3) is 2.67. The molecular weight excluding hydrogens is 166 g/mol. The van der Waals surface area contributed by atoms with E-state index in [1.807, 2.05) is 6.92 Å². The number of piperidine rings is 1. The van der Waals surface area contributed by atoms with Crippen LogP contribution in [0.25, 0.3) is 0 Å². The van der Waals surface area contributed by atoms with Gasteiger partial charge >= 0.3 is 0 Å². The molecule has 0 saturated carbocycles. The summed E-state index contributed by atoms with van der Waals surface area (Å²) >= 11 is 0. The molecule has 0 aromatic rings. The molecule has 0 aliphatic carbocycles. The van der Waals surface area contributed by atoms with Crippen LogP contribution in [0, 0.1) is 5.92 Å². The number of nitrogens with one attached hydrogen (secondary N) is 1. The first-order valence-electron chi connectivity index (χ1n) is 4.89. The third-order valence-corrected chi connectivity index (χ3v) is 2.76. The molecule has 1 amide bonds. The highest BCUT2D eigenvalue weighted by molar-refractivity contribution is 5.80. The Bertz CT molecular complexity index is 184. The van der Waals surface area contributed by atoms with Crippen molar-refractivity contribution < 1.29 is 4.79 Å². The SMILES string of the molecule is CC1CCCN(C(C)C(=O)NN)C1. The Morgan fingerprint density at radius 2 is 2.38 bits per heavy atom. The Kier molecular flexibility index (Phi) is 3.69. The van der Waals surface area contributed by atoms with Crippen molar-refractivity contribution in [2.45, 2.75) is 32.7 Å². The lowest BCUT2D eigenvalue weighted by molar-refractivity contribution is -0.126. The molecule has 4 heteroatoms. The largest absolute Gasteiger partial charge is 0.293 e. The lowest BCUT2D eigenvalue weighted by Gasteiger charge is -2.34. The number of carbonyl (C=O) groups is 1. The lowest BCUT2D eigenvalue weighted by atomic mass is 9.99. The van der Waals surface area contributed by atoms with Gasteiger partial charge in [0.05, 0.1) is 6.04 Å². The number of rotatable bonds is 2. The molecule has 2 atom stereocenters. The van der Waals surface area contributed by atoms with E-state index < -0.39 is 0 Å². The summed E-state index contributed by atoms with van der Waals surface area (Å²) in [4.78, 5) is 13.4. The van der Waals surface area contributed by atoms with Gasteiger partial charge in [0, 0.05) is 6.54 Å². The van der Waals surface area contributed by atoms with E-state index in [1.54, 1.807) is 0 Å². The van der Waals surface area contributed by atoms with E-state index in [1.165, 1.54) is 12.8 Å². The van der Waals surface area contributed by atoms with Crippen molar-refractivity contribution in [1.82, 2.24) is 10.3 Å². The van der Waals surface area contributed by atoms with Gasteiger partial charge in [-0.25, -0.2) is 5.84 Å². The zero-order chi connectivity index (χ0) is 9.84. The van der Waals surface area contributed by atoms with Gasteiger partial charge in [-0.15, -0.1) is 0 Å². The zero-order valence-corrected chi connectivity index (χ0v) is 8.42. The van der Waals surface area contributed by atoms with E-state index in [0.29, 0.717) is 5.92 Å². The number of amides is 1. The van der Waals surface area contributed by atoms with Gasteiger partial charge in [0.25, 0.3) is 5.91 Å². The molecule has 1 heterocycles. The van der Waals surface area contributed by atoms with Crippen LogP contribution in [0.15, 0.2) is 0 Å². The van der Waals surface area contributed by atoms with Crippen molar-refractivity contribution in [3.8, 4) is 0 Å². The predicted molar refractivity (Wildman–Crippen MR) is 51.8 cm³/mol. The molecule has 1 fully saturated rings. The van der Waals surface area contributed by atoms with Crippen molar-refractivity contribution in [3.05, 3.63) is 0 Å². The van der Waals surface area contributed by atoms with E-state index >= 15 is 0 Å². The molecule has 1 saturated heterocycles. The summed E-state index contributed by atoms with van der Waals surface area (Å²) in [5.74, 6) is 5.70. The van der Waals surface area contributed by atoms with E-state index in [4.69, 9.17) is 5.84 Å². The number of hydrazine groups is 1. The van der Waals surface area contributed by atoms with Crippen molar-refractivity contribution in [3.63, 3.8) is 0 Å². The fraction of sp³-hybridized carbons (Fsp3) is 0.889. The van der Waals surface area contributed by atoms with Gasteiger partial charge in [0.15, 0.2) is 0 Å². The van der Waals surface area contributed by atoms with Crippen LogP contribution in [0.1, 0.15) is 26.7 Å². The van der Waals surface area contributed by atoms with Crippen LogP contribution in [-0.2, 0) is 4.79 Å². The number of hydrogen-bond acceptors (Lipinski definition) is 3. The highest BCUT2D eigenvalue weighted by Crippen LogP contribution is 2.17. The van der Waals surface area contributed by atoms with Gasteiger partial charge in [0.2, 0.25) is 0 Å². The van der Waals surface area contributed by atoms with Crippen LogP contribution in [0.2, 0.25) is 0 Å². The summed E-state index contributed by atoms with van der Waals surface area (Å²) in [6.45, 7) is 6.15. The summed E-state index contributed by atoms with van der Waals surface area (Å²) in [7, 11) is 0. The maximum atomic E-state index is 11.2. The maximum Gasteiger partial charge on any atom is 0.250 e. The standard InChI is InChI=1S/C9H19N3O/c1-7-4-3-5-12(6-7)8(2)9(13)11-10/h7-8H,3-6,10H2,1-2H3,(H,11,13). The van der Waals surface area contributed by atoms with Crippen LogP contribution in [0.4, 0.5) is 0 Å². The lowest BCUT2D eigenvalue weighted by Crippen LogP contribution is -2.50. The molecule has 3 N–H and O–H groups in total. The van der Waals surface area contributed by atoms with Crippen molar-refractivity contribution in [2.24, 2.45) is 11.8 Å². The van der Waals surface area contributed by atoms with Gasteiger partial charge in [-0.2, -0.15) is 0 Å². The summed E-state index contributed by atoms with van der Waals surface area (Å²) < 4.78 is 0. The molecule has 2 unspecified atom stereocenters. The van der Waals surface area contributed by atoms with Crippen LogP contribution in [0.5, 0.6) is 0 Å². The molecule has 76 valence electrons. The Morgan fingerprint density at radius 3 is 2.92 bits per heavy atom. The summed E-state index contributed by atoms with van der Waals surface area (Å²) in [5.41, 5.74) is 2.20. The van der Waals surface area contributed by atoms with Crippen molar-refractivity contribution in [2.75, 3.05) is 13.1 Å². The predicted octanol–water partition coefficient (Wildman–Crippen LogP) is 0.0967. The van der Waals surface area contributed by atoms with Gasteiger partial charge < -0.3 is 0 Å². The first-order chi connectivity index (χ1) is 6.15. The average Bonchev–Trinajstić information content (AvgIpc) is 2.15. The van der Waals surface area contributed by atoms with E-state index in [0.717, 1.165) is 13.1 Å². The van der Waals surface area contributed by atoms with Gasteiger partial charge in [-0.1, -0.05) is 6.92 Å². The second-order valence-electron chi connectivity index (χ2n) is 3.93. The molecule has 1 rings (SSSR count). The number of carbonyl (C=O) groups excluding carboxylic acids is 1. The molecule has 0 aromatic heterocycles. The normalized spacial score (nSPS) is 26.8. The quantitative estimate of drug-likeness (QED) is 0.364. The summed E-state index contributed by atoms with van der Waals surface area (Å²) in [5, 5.41) is 0. The first-order valence-corrected chi connectivity index (χ1v) is 4.89. The van der Waals surface area contributed by atoms with Crippen LogP contribution >= 0.6 is 0 Å². The minimum Gasteiger partial charge on any atom is -0.293 e. The average molecular weight is 185 g/mol. The highest BCUT2D eigenvalue weighted by Gasteiger charge is 2.24. The van der Waals surface area contributed by atoms with Crippen molar-refractivity contribution in [1.29, 1.82) is 0 Å². The van der Waals surface area contributed by atoms with E-state index in [-0.39, 0.29) is 11.9 Å². The maximum absolute atomic E-state index is 11.2. The Labute approximate surface area is 79.4 Å². The number of nitrogens with two attached hydrogens (primary N) is 1. The molecule has 13 heavy (non-hydrogen) atoms. The third-order valence-electron chi connectivity index (χ3n) is 2.76. The first kappa shape index (κ1) is 10.5. The Balaban J connectivity index is 2.45. The summed E-state index contributed by atoms with van der Waals surface area (Å²) in [6, 6.07) is -0.0900. The van der Waals surface area contributed by atoms with Gasteiger partial charge in [0.1, 0.15) is 0 Å². The fourth-order valence-electron chi connectivity index (χ4n) is 1.86. The number of likely N-dealkylation sites (tertiary alicyclic amines) is 1. The monoisotopic (exact) mass is 185 g/mol. The molecule has 0 aromatic carbocycles. The summed E-state index contributed by atoms with van der Waals surface area (Å²) in [6.07, 6.45) is 2.46. The van der Waals surface area contributed by atoms with Crippen LogP contribution in [-0.4, -0.2) is 29.9 Å². The second-order valence-corrected chi connectivity index (χ2v) is 3.93. The van der Waals surface area contributed by atoms with Crippen molar-refractivity contribution >= 4 is 5.91 Å². The molecule has 1 aliphatic heterocycles. The molecule has 0 radical (unpaired) electrons. The number of hydrogen-bond donors (Lipinski definition) is 2. The Hall–Kier alpha value is -0.610. The van der Waals surface area contributed by atoms with E-state index in [2.05, 4.69) is 17.2 Å². The molecule has 0 bridgehead atoms. The molecule has 4 nitrogen and oxygen atoms in total. The zero-order valence-electron chi connectivity index (χ0n) is 8.42. The fourth-order valence-corrected chi connectivity index (χ4v) is 1.86. The number of nitrogens with zero attached hydrogens (tertiary/aromatic N) is 1. The highest BCUT2D eigenvalue weighted by atomic mass is 16.2. The second kappa shape index (κ2) is 4.58. The topological polar surface area (TPSA) is 58.4 Å². The minimum absolute atomic E-state index is 0.0888. The van der Waals surface area contributed by atoms with E-state index in [9.17, 15) is 4.79 Å². The molecular formula is C9H19N3O.